The summed E-state index contributed by atoms with van der Waals surface area (Å²) in [5.41, 5.74) is 0. The average molecular weight is 216 g/mol. The minimum absolute atomic E-state index is 0.291. The zero-order chi connectivity index (χ0) is 11.7. The van der Waals surface area contributed by atoms with Crippen molar-refractivity contribution in [2.75, 3.05) is 13.7 Å². The Hall–Kier alpha value is -0.570. The second-order valence-corrected chi connectivity index (χ2v) is 3.92. The first-order chi connectivity index (χ1) is 7.15. The van der Waals surface area contributed by atoms with Crippen LogP contribution in [0.3, 0.4) is 0 Å². The monoisotopic (exact) mass is 216 g/mol. The number of esters is 1. The van der Waals surface area contributed by atoms with Gasteiger partial charge in [0.25, 0.3) is 0 Å². The van der Waals surface area contributed by atoms with E-state index in [1.54, 1.807) is 6.92 Å². The van der Waals surface area contributed by atoms with E-state index in [2.05, 4.69) is 18.6 Å². The molecule has 0 aliphatic heterocycles. The van der Waals surface area contributed by atoms with Crippen molar-refractivity contribution < 1.29 is 14.3 Å². The highest BCUT2D eigenvalue weighted by Crippen LogP contribution is 2.13. The molecular weight excluding hydrogens is 192 g/mol. The van der Waals surface area contributed by atoms with E-state index in [1.807, 2.05) is 0 Å². The molecule has 0 amide bonds. The molecule has 0 heterocycles. The van der Waals surface area contributed by atoms with Crippen molar-refractivity contribution in [3.8, 4) is 0 Å². The summed E-state index contributed by atoms with van der Waals surface area (Å²) in [5.74, 6) is 0.275. The lowest BCUT2D eigenvalue weighted by molar-refractivity contribution is -0.153. The maximum atomic E-state index is 11.1. The predicted octanol–water partition coefficient (Wildman–Crippen LogP) is 2.78. The Bertz CT molecular complexity index is 168. The van der Waals surface area contributed by atoms with Crippen LogP contribution in [0.5, 0.6) is 0 Å². The van der Waals surface area contributed by atoms with Gasteiger partial charge in [0.2, 0.25) is 0 Å². The fourth-order valence-corrected chi connectivity index (χ4v) is 1.41. The lowest BCUT2D eigenvalue weighted by atomic mass is 10.0. The molecule has 3 heteroatoms. The van der Waals surface area contributed by atoms with Crippen molar-refractivity contribution in [1.29, 1.82) is 0 Å². The molecule has 0 bridgehead atoms. The number of hydrogen-bond acceptors (Lipinski definition) is 3. The number of carbonyl (C=O) groups excluding carboxylic acids is 1. The van der Waals surface area contributed by atoms with Crippen LogP contribution in [-0.2, 0) is 14.3 Å². The zero-order valence-electron chi connectivity index (χ0n) is 10.4. The molecule has 0 radical (unpaired) electrons. The topological polar surface area (TPSA) is 35.5 Å². The number of hydrogen-bond donors (Lipinski definition) is 0. The highest BCUT2D eigenvalue weighted by Gasteiger charge is 2.15. The van der Waals surface area contributed by atoms with Gasteiger partial charge in [-0.2, -0.15) is 0 Å². The van der Waals surface area contributed by atoms with Crippen LogP contribution in [0.2, 0.25) is 0 Å². The Morgan fingerprint density at radius 1 is 1.33 bits per heavy atom. The molecule has 0 aromatic heterocycles. The van der Waals surface area contributed by atoms with Crippen molar-refractivity contribution in [2.45, 2.75) is 52.6 Å². The number of unbranched alkanes of at least 4 members (excludes halogenated alkanes) is 1. The molecule has 0 spiro atoms. The van der Waals surface area contributed by atoms with Gasteiger partial charge >= 0.3 is 5.97 Å². The summed E-state index contributed by atoms with van der Waals surface area (Å²) >= 11 is 0. The Balaban J connectivity index is 3.74. The number of methoxy groups -OCH3 is 1. The van der Waals surface area contributed by atoms with Crippen LogP contribution in [0, 0.1) is 5.92 Å². The van der Waals surface area contributed by atoms with Gasteiger partial charge in [0.05, 0.1) is 13.7 Å². The van der Waals surface area contributed by atoms with Crippen molar-refractivity contribution in [2.24, 2.45) is 5.92 Å². The summed E-state index contributed by atoms with van der Waals surface area (Å²) in [6.07, 6.45) is 4.29. The second-order valence-electron chi connectivity index (χ2n) is 3.92. The molecule has 90 valence electrons. The fourth-order valence-electron chi connectivity index (χ4n) is 1.41. The third-order valence-corrected chi connectivity index (χ3v) is 2.66. The standard InChI is InChI=1S/C12H24O3/c1-5-7-8-11(6-2)9-15-10(3)12(13)14-4/h10-11H,5-9H2,1-4H3/t10-,11?/m1/s1. The van der Waals surface area contributed by atoms with Crippen LogP contribution in [0.4, 0.5) is 0 Å². The Morgan fingerprint density at radius 2 is 2.00 bits per heavy atom. The number of carbonyl (C=O) groups is 1. The van der Waals surface area contributed by atoms with Gasteiger partial charge in [0.1, 0.15) is 0 Å². The molecule has 2 atom stereocenters. The summed E-state index contributed by atoms with van der Waals surface area (Å²) in [7, 11) is 1.39. The molecule has 3 nitrogen and oxygen atoms in total. The van der Waals surface area contributed by atoms with Gasteiger partial charge in [-0.3, -0.25) is 0 Å². The highest BCUT2D eigenvalue weighted by atomic mass is 16.6. The van der Waals surface area contributed by atoms with Crippen molar-refractivity contribution >= 4 is 5.97 Å². The van der Waals surface area contributed by atoms with E-state index in [4.69, 9.17) is 4.74 Å². The molecule has 0 aliphatic carbocycles. The molecule has 1 unspecified atom stereocenters. The zero-order valence-corrected chi connectivity index (χ0v) is 10.4. The summed E-state index contributed by atoms with van der Waals surface area (Å²) in [6.45, 7) is 6.74. The van der Waals surface area contributed by atoms with Crippen LogP contribution >= 0.6 is 0 Å². The quantitative estimate of drug-likeness (QED) is 0.585. The normalized spacial score (nSPS) is 14.7. The highest BCUT2D eigenvalue weighted by molar-refractivity contribution is 5.73. The summed E-state index contributed by atoms with van der Waals surface area (Å²) in [5, 5.41) is 0. The minimum Gasteiger partial charge on any atom is -0.467 e. The van der Waals surface area contributed by atoms with Crippen molar-refractivity contribution in [1.82, 2.24) is 0 Å². The van der Waals surface area contributed by atoms with E-state index in [0.717, 1.165) is 6.42 Å². The van der Waals surface area contributed by atoms with Crippen LogP contribution in [-0.4, -0.2) is 25.8 Å². The molecule has 0 aromatic carbocycles. The first-order valence-corrected chi connectivity index (χ1v) is 5.85. The SMILES string of the molecule is CCCCC(CC)CO[C@H](C)C(=O)OC. The van der Waals surface area contributed by atoms with E-state index >= 15 is 0 Å². The van der Waals surface area contributed by atoms with Crippen LogP contribution in [0.25, 0.3) is 0 Å². The Labute approximate surface area is 93.1 Å². The maximum Gasteiger partial charge on any atom is 0.334 e. The molecule has 0 saturated carbocycles. The van der Waals surface area contributed by atoms with Crippen LogP contribution < -0.4 is 0 Å². The molecule has 0 rings (SSSR count). The van der Waals surface area contributed by atoms with E-state index < -0.39 is 6.10 Å². The third kappa shape index (κ3) is 6.50. The van der Waals surface area contributed by atoms with Gasteiger partial charge in [-0.1, -0.05) is 33.1 Å². The fraction of sp³-hybridized carbons (Fsp3) is 0.917. The Kier molecular flexibility index (Phi) is 8.38. The molecule has 0 aromatic rings. The van der Waals surface area contributed by atoms with Gasteiger partial charge in [0.15, 0.2) is 6.10 Å². The molecule has 0 fully saturated rings. The maximum absolute atomic E-state index is 11.1. The van der Waals surface area contributed by atoms with E-state index in [-0.39, 0.29) is 5.97 Å². The number of rotatable bonds is 8. The average Bonchev–Trinajstić information content (AvgIpc) is 2.27. The van der Waals surface area contributed by atoms with Gasteiger partial charge in [-0.25, -0.2) is 4.79 Å². The lowest BCUT2D eigenvalue weighted by Gasteiger charge is -2.17. The van der Waals surface area contributed by atoms with Crippen LogP contribution in [0.15, 0.2) is 0 Å². The van der Waals surface area contributed by atoms with E-state index in [9.17, 15) is 4.79 Å². The van der Waals surface area contributed by atoms with Crippen LogP contribution in [0.1, 0.15) is 46.5 Å². The predicted molar refractivity (Wildman–Crippen MR) is 60.7 cm³/mol. The van der Waals surface area contributed by atoms with Crippen molar-refractivity contribution in [3.05, 3.63) is 0 Å². The molecule has 0 N–H and O–H groups in total. The summed E-state index contributed by atoms with van der Waals surface area (Å²) in [4.78, 5) is 11.1. The largest absolute Gasteiger partial charge is 0.467 e. The van der Waals surface area contributed by atoms with E-state index in [0.29, 0.717) is 12.5 Å². The van der Waals surface area contributed by atoms with Gasteiger partial charge in [-0.05, 0) is 19.3 Å². The summed E-state index contributed by atoms with van der Waals surface area (Å²) < 4.78 is 10.1. The number of ether oxygens (including phenoxy) is 2. The third-order valence-electron chi connectivity index (χ3n) is 2.66. The van der Waals surface area contributed by atoms with Gasteiger partial charge in [-0.15, -0.1) is 0 Å². The molecule has 0 aliphatic rings. The minimum atomic E-state index is -0.439. The first kappa shape index (κ1) is 14.4. The summed E-state index contributed by atoms with van der Waals surface area (Å²) in [6, 6.07) is 0. The van der Waals surface area contributed by atoms with Gasteiger partial charge in [0, 0.05) is 0 Å². The molecule has 0 saturated heterocycles. The first-order valence-electron chi connectivity index (χ1n) is 5.85. The Morgan fingerprint density at radius 3 is 2.47 bits per heavy atom. The van der Waals surface area contributed by atoms with Gasteiger partial charge < -0.3 is 9.47 Å². The smallest absolute Gasteiger partial charge is 0.334 e. The molecule has 15 heavy (non-hydrogen) atoms. The second kappa shape index (κ2) is 8.72. The van der Waals surface area contributed by atoms with Crippen molar-refractivity contribution in [3.63, 3.8) is 0 Å². The van der Waals surface area contributed by atoms with E-state index in [1.165, 1.54) is 26.4 Å². The lowest BCUT2D eigenvalue weighted by Crippen LogP contribution is -2.24. The molecular formula is C12H24O3.